The molecule has 0 saturated carbocycles. The predicted octanol–water partition coefficient (Wildman–Crippen LogP) is 3.86. The maximum atomic E-state index is 12.7. The quantitative estimate of drug-likeness (QED) is 0.422. The SMILES string of the molecule is C[C@@H]1OCC2(CCN(c3cnc4c(N5CCN(C(N)=O)c6ncccc65)nn(C5CCCCO5)c4n3)CC2)[C@@H]1NC(=O)OC(C)(C)C. The molecule has 15 nitrogen and oxygen atoms in total. The average molecular weight is 649 g/mol. The molecule has 4 aliphatic heterocycles. The van der Waals surface area contributed by atoms with Crippen LogP contribution >= 0.6 is 0 Å². The van der Waals surface area contributed by atoms with Gasteiger partial charge in [0.1, 0.15) is 11.4 Å². The fraction of sp³-hybridized carbons (Fsp3) is 0.625. The van der Waals surface area contributed by atoms with Crippen LogP contribution in [-0.2, 0) is 14.2 Å². The number of hydrogen-bond acceptors (Lipinski definition) is 11. The average Bonchev–Trinajstić information content (AvgIpc) is 3.57. The Morgan fingerprint density at radius 3 is 2.62 bits per heavy atom. The first-order valence-electron chi connectivity index (χ1n) is 16.6. The second-order valence-electron chi connectivity index (χ2n) is 14.0. The first kappa shape index (κ1) is 31.4. The molecule has 3 saturated heterocycles. The molecule has 3 aromatic heterocycles. The number of carbonyl (C=O) groups excluding carboxylic acids is 2. The molecule has 252 valence electrons. The lowest BCUT2D eigenvalue weighted by Crippen LogP contribution is -2.55. The van der Waals surface area contributed by atoms with Gasteiger partial charge in [0.05, 0.1) is 30.6 Å². The largest absolute Gasteiger partial charge is 0.444 e. The number of anilines is 4. The number of nitrogens with zero attached hydrogens (tertiary/aromatic N) is 8. The number of hydrogen-bond donors (Lipinski definition) is 2. The zero-order valence-corrected chi connectivity index (χ0v) is 27.5. The predicted molar refractivity (Wildman–Crippen MR) is 175 cm³/mol. The molecular formula is C32H44N10O5. The van der Waals surface area contributed by atoms with E-state index in [0.29, 0.717) is 49.1 Å². The summed E-state index contributed by atoms with van der Waals surface area (Å²) in [6.45, 7) is 11.1. The van der Waals surface area contributed by atoms with E-state index in [9.17, 15) is 9.59 Å². The molecule has 1 spiro atoms. The fourth-order valence-electron chi connectivity index (χ4n) is 7.33. The molecule has 0 bridgehead atoms. The Labute approximate surface area is 273 Å². The number of rotatable bonds is 4. The van der Waals surface area contributed by atoms with E-state index >= 15 is 0 Å². The number of alkyl carbamates (subject to hydrolysis) is 1. The normalized spacial score (nSPS) is 24.4. The van der Waals surface area contributed by atoms with Crippen LogP contribution in [0.2, 0.25) is 0 Å². The number of piperidine rings is 1. The standard InChI is InChI=1S/C32H44N10O5/c1-20-25(37-30(44)47-31(2,3)4)32(19-46-20)10-13-39(14-11-32)22-18-35-24-27(36-22)42(23-9-5-6-17-45-23)38-28(24)40-15-16-41(29(33)43)26-21(40)8-7-12-34-26/h7-8,12,18,20,23,25H,5-6,9-11,13-17,19H2,1-4H3,(H2,33,43)(H,37,44)/t20-,23?,25+/m0/s1. The Bertz CT molecular complexity index is 1640. The van der Waals surface area contributed by atoms with Crippen LogP contribution in [0.5, 0.6) is 0 Å². The summed E-state index contributed by atoms with van der Waals surface area (Å²) in [5, 5.41) is 8.19. The van der Waals surface area contributed by atoms with Crippen LogP contribution < -0.4 is 25.8 Å². The van der Waals surface area contributed by atoms with Gasteiger partial charge in [0, 0.05) is 44.4 Å². The van der Waals surface area contributed by atoms with Crippen molar-refractivity contribution in [1.82, 2.24) is 30.0 Å². The molecule has 7 rings (SSSR count). The lowest BCUT2D eigenvalue weighted by atomic mass is 9.73. The first-order chi connectivity index (χ1) is 22.5. The molecule has 15 heteroatoms. The Morgan fingerprint density at radius 2 is 1.89 bits per heavy atom. The minimum Gasteiger partial charge on any atom is -0.444 e. The number of fused-ring (bicyclic) bond motifs is 2. The summed E-state index contributed by atoms with van der Waals surface area (Å²) in [5.41, 5.74) is 6.93. The highest BCUT2D eigenvalue weighted by Gasteiger charge is 2.50. The van der Waals surface area contributed by atoms with E-state index in [1.54, 1.807) is 6.20 Å². The van der Waals surface area contributed by atoms with Crippen molar-refractivity contribution in [2.45, 2.75) is 83.8 Å². The molecular weight excluding hydrogens is 604 g/mol. The Hall–Kier alpha value is -4.24. The third-order valence-electron chi connectivity index (χ3n) is 9.70. The molecule has 3 atom stereocenters. The first-order valence-corrected chi connectivity index (χ1v) is 16.6. The van der Waals surface area contributed by atoms with Crippen LogP contribution in [0.4, 0.5) is 32.7 Å². The third kappa shape index (κ3) is 5.90. The van der Waals surface area contributed by atoms with E-state index in [4.69, 9.17) is 35.0 Å². The van der Waals surface area contributed by atoms with Crippen LogP contribution in [0.1, 0.15) is 66.0 Å². The van der Waals surface area contributed by atoms with Gasteiger partial charge in [-0.2, -0.15) is 0 Å². The summed E-state index contributed by atoms with van der Waals surface area (Å²) in [6.07, 6.45) is 7.18. The number of nitrogens with one attached hydrogen (secondary N) is 1. The highest BCUT2D eigenvalue weighted by molar-refractivity contribution is 5.97. The van der Waals surface area contributed by atoms with Crippen LogP contribution in [0, 0.1) is 5.41 Å². The third-order valence-corrected chi connectivity index (χ3v) is 9.70. The summed E-state index contributed by atoms with van der Waals surface area (Å²) in [6, 6.07) is 3.04. The fourth-order valence-corrected chi connectivity index (χ4v) is 7.33. The van der Waals surface area contributed by atoms with Crippen molar-refractivity contribution >= 4 is 46.4 Å². The molecule has 3 amide bonds. The lowest BCUT2D eigenvalue weighted by Gasteiger charge is -2.42. The number of pyridine rings is 1. The number of aromatic nitrogens is 5. The molecule has 7 heterocycles. The van der Waals surface area contributed by atoms with E-state index in [1.165, 1.54) is 4.90 Å². The van der Waals surface area contributed by atoms with Gasteiger partial charge in [-0.15, -0.1) is 5.10 Å². The van der Waals surface area contributed by atoms with Crippen LogP contribution in [0.15, 0.2) is 24.5 Å². The number of ether oxygens (including phenoxy) is 3. The summed E-state index contributed by atoms with van der Waals surface area (Å²) in [4.78, 5) is 45.2. The molecule has 3 fully saturated rings. The van der Waals surface area contributed by atoms with Gasteiger partial charge in [0.25, 0.3) is 0 Å². The number of nitrogens with two attached hydrogens (primary N) is 1. The summed E-state index contributed by atoms with van der Waals surface area (Å²) in [5.74, 6) is 1.89. The topological polar surface area (TPSA) is 166 Å². The second-order valence-corrected chi connectivity index (χ2v) is 14.0. The molecule has 1 unspecified atom stereocenters. The van der Waals surface area contributed by atoms with E-state index < -0.39 is 17.7 Å². The Balaban J connectivity index is 1.17. The van der Waals surface area contributed by atoms with Crippen molar-refractivity contribution in [3.05, 3.63) is 24.5 Å². The lowest BCUT2D eigenvalue weighted by molar-refractivity contribution is -0.0368. The minimum atomic E-state index is -0.576. The van der Waals surface area contributed by atoms with E-state index in [2.05, 4.69) is 15.2 Å². The molecule has 3 aromatic rings. The smallest absolute Gasteiger partial charge is 0.407 e. The van der Waals surface area contributed by atoms with E-state index in [-0.39, 0.29) is 23.8 Å². The highest BCUT2D eigenvalue weighted by atomic mass is 16.6. The zero-order valence-electron chi connectivity index (χ0n) is 27.5. The molecule has 0 radical (unpaired) electrons. The van der Waals surface area contributed by atoms with Crippen LogP contribution in [0.3, 0.4) is 0 Å². The van der Waals surface area contributed by atoms with Crippen LogP contribution in [-0.4, -0.2) is 94.0 Å². The second kappa shape index (κ2) is 12.1. The zero-order chi connectivity index (χ0) is 32.9. The van der Waals surface area contributed by atoms with Gasteiger partial charge in [-0.1, -0.05) is 0 Å². The number of amides is 3. The van der Waals surface area contributed by atoms with Gasteiger partial charge >= 0.3 is 12.1 Å². The minimum absolute atomic E-state index is 0.112. The van der Waals surface area contributed by atoms with Gasteiger partial charge in [-0.25, -0.2) is 29.2 Å². The monoisotopic (exact) mass is 648 g/mol. The maximum Gasteiger partial charge on any atom is 0.407 e. The molecule has 47 heavy (non-hydrogen) atoms. The summed E-state index contributed by atoms with van der Waals surface area (Å²) < 4.78 is 19.7. The maximum absolute atomic E-state index is 12.7. The van der Waals surface area contributed by atoms with Crippen molar-refractivity contribution in [3.63, 3.8) is 0 Å². The molecule has 3 N–H and O–H groups in total. The number of primary amides is 1. The molecule has 0 aliphatic carbocycles. The van der Waals surface area contributed by atoms with Gasteiger partial charge in [-0.3, -0.25) is 4.90 Å². The highest BCUT2D eigenvalue weighted by Crippen LogP contribution is 2.44. The summed E-state index contributed by atoms with van der Waals surface area (Å²) >= 11 is 0. The number of carbonyl (C=O) groups is 2. The van der Waals surface area contributed by atoms with Gasteiger partial charge in [0.15, 0.2) is 29.0 Å². The van der Waals surface area contributed by atoms with Gasteiger partial charge < -0.3 is 35.1 Å². The van der Waals surface area contributed by atoms with Crippen molar-refractivity contribution in [2.75, 3.05) is 54.1 Å². The van der Waals surface area contributed by atoms with Crippen molar-refractivity contribution < 1.29 is 23.8 Å². The van der Waals surface area contributed by atoms with E-state index in [0.717, 1.165) is 56.7 Å². The summed E-state index contributed by atoms with van der Waals surface area (Å²) in [7, 11) is 0. The van der Waals surface area contributed by atoms with Gasteiger partial charge in [0.2, 0.25) is 0 Å². The molecule has 4 aliphatic rings. The van der Waals surface area contributed by atoms with Crippen molar-refractivity contribution in [2.24, 2.45) is 11.1 Å². The number of urea groups is 1. The Kier molecular flexibility index (Phi) is 8.07. The van der Waals surface area contributed by atoms with Crippen LogP contribution in [0.25, 0.3) is 11.2 Å². The molecule has 0 aromatic carbocycles. The van der Waals surface area contributed by atoms with Crippen molar-refractivity contribution in [3.8, 4) is 0 Å². The van der Waals surface area contributed by atoms with Crippen molar-refractivity contribution in [1.29, 1.82) is 0 Å². The Morgan fingerprint density at radius 1 is 1.09 bits per heavy atom. The van der Waals surface area contributed by atoms with E-state index in [1.807, 2.05) is 55.6 Å². The van der Waals surface area contributed by atoms with Gasteiger partial charge in [-0.05, 0) is 71.9 Å².